The van der Waals surface area contributed by atoms with Gasteiger partial charge in [0.05, 0.1) is 11.7 Å². The number of hydrogen-bond donors (Lipinski definition) is 4. The Morgan fingerprint density at radius 3 is 2.74 bits per heavy atom. The third-order valence-electron chi connectivity index (χ3n) is 6.30. The number of β-amino-alcohol motifs (C(OH)–C–C–N with tert-alkyl or cyclic N) is 1. The summed E-state index contributed by atoms with van der Waals surface area (Å²) < 4.78 is 12.0. The van der Waals surface area contributed by atoms with Crippen LogP contribution in [0, 0.1) is 0 Å². The van der Waals surface area contributed by atoms with E-state index in [0.717, 1.165) is 48.7 Å². The Balaban J connectivity index is 1.27. The number of phenolic OH excluding ortho intramolecular Hbond substituents is 1. The molecule has 34 heavy (non-hydrogen) atoms. The van der Waals surface area contributed by atoms with Gasteiger partial charge in [0.15, 0.2) is 0 Å². The van der Waals surface area contributed by atoms with Crippen LogP contribution in [0.5, 0.6) is 17.2 Å². The summed E-state index contributed by atoms with van der Waals surface area (Å²) in [4.78, 5) is 14.6. The average molecular weight is 491 g/mol. The van der Waals surface area contributed by atoms with Crippen molar-refractivity contribution < 1.29 is 29.6 Å². The van der Waals surface area contributed by atoms with E-state index < -0.39 is 18.1 Å². The highest BCUT2D eigenvalue weighted by atomic mass is 35.5. The summed E-state index contributed by atoms with van der Waals surface area (Å²) in [5.41, 5.74) is 1.17. The van der Waals surface area contributed by atoms with Gasteiger partial charge in [-0.05, 0) is 42.8 Å². The predicted molar refractivity (Wildman–Crippen MR) is 128 cm³/mol. The molecule has 2 atom stereocenters. The average Bonchev–Trinajstić information content (AvgIpc) is 3.14. The molecular weight excluding hydrogens is 460 g/mol. The third-order valence-corrected chi connectivity index (χ3v) is 6.53. The second-order valence-corrected chi connectivity index (χ2v) is 9.66. The highest BCUT2D eigenvalue weighted by molar-refractivity contribution is 6.30. The molecule has 9 heteroatoms. The van der Waals surface area contributed by atoms with Gasteiger partial charge in [0.25, 0.3) is 5.91 Å². The van der Waals surface area contributed by atoms with Crippen LogP contribution in [-0.2, 0) is 6.42 Å². The molecule has 2 heterocycles. The van der Waals surface area contributed by atoms with Gasteiger partial charge >= 0.3 is 0 Å². The van der Waals surface area contributed by atoms with E-state index in [4.69, 9.17) is 21.1 Å². The molecule has 2 aliphatic rings. The fraction of sp³-hybridized carbons (Fsp3) is 0.480. The van der Waals surface area contributed by atoms with Crippen LogP contribution < -0.4 is 14.8 Å². The monoisotopic (exact) mass is 490 g/mol. The molecule has 0 saturated carbocycles. The van der Waals surface area contributed by atoms with Gasteiger partial charge in [-0.15, -0.1) is 0 Å². The molecule has 2 aromatic carbocycles. The minimum atomic E-state index is -0.773. The standard InChI is InChI=1S/C25H31ClN2O6/c1-16(29)13-27-24(32)21-4-3-19(30)11-23(21)33-15-20(31)14-28-8-6-25(7-9-28)12-17-10-18(26)2-5-22(17)34-25/h2-5,10-11,16,20,29-31H,6-9,12-15H2,1H3,(H,27,32)/t16?,20-/m0/s1. The third kappa shape index (κ3) is 5.93. The van der Waals surface area contributed by atoms with Crippen LogP contribution in [-0.4, -0.2) is 76.7 Å². The molecule has 1 amide bonds. The molecular formula is C25H31ClN2O6. The molecule has 0 radical (unpaired) electrons. The number of aromatic hydroxyl groups is 1. The van der Waals surface area contributed by atoms with Crippen molar-refractivity contribution in [1.82, 2.24) is 10.2 Å². The maximum Gasteiger partial charge on any atom is 0.255 e. The number of nitrogens with zero attached hydrogens (tertiary/aromatic N) is 1. The van der Waals surface area contributed by atoms with Gasteiger partial charge in [-0.3, -0.25) is 4.79 Å². The lowest BCUT2D eigenvalue weighted by molar-refractivity contribution is -0.00201. The van der Waals surface area contributed by atoms with Crippen LogP contribution in [0.25, 0.3) is 0 Å². The summed E-state index contributed by atoms with van der Waals surface area (Å²) in [5.74, 6) is 0.614. The van der Waals surface area contributed by atoms with Crippen molar-refractivity contribution in [3.63, 3.8) is 0 Å². The molecule has 1 saturated heterocycles. The van der Waals surface area contributed by atoms with Crippen LogP contribution >= 0.6 is 11.6 Å². The van der Waals surface area contributed by atoms with Gasteiger partial charge < -0.3 is 35.0 Å². The molecule has 2 aromatic rings. The van der Waals surface area contributed by atoms with Gasteiger partial charge in [0.1, 0.15) is 35.6 Å². The number of benzene rings is 2. The van der Waals surface area contributed by atoms with Gasteiger partial charge in [0.2, 0.25) is 0 Å². The van der Waals surface area contributed by atoms with Crippen LogP contribution in [0.1, 0.15) is 35.7 Å². The van der Waals surface area contributed by atoms with Crippen LogP contribution in [0.15, 0.2) is 36.4 Å². The molecule has 0 aliphatic carbocycles. The van der Waals surface area contributed by atoms with E-state index in [2.05, 4.69) is 10.2 Å². The van der Waals surface area contributed by atoms with Crippen molar-refractivity contribution >= 4 is 17.5 Å². The Kier molecular flexibility index (Phi) is 7.52. The van der Waals surface area contributed by atoms with E-state index >= 15 is 0 Å². The highest BCUT2D eigenvalue weighted by Gasteiger charge is 2.42. The maximum absolute atomic E-state index is 12.4. The Morgan fingerprint density at radius 2 is 2.00 bits per heavy atom. The summed E-state index contributed by atoms with van der Waals surface area (Å²) >= 11 is 6.12. The quantitative estimate of drug-likeness (QED) is 0.449. The summed E-state index contributed by atoms with van der Waals surface area (Å²) in [6.07, 6.45) is 1.10. The molecule has 2 aliphatic heterocycles. The summed E-state index contributed by atoms with van der Waals surface area (Å²) in [5, 5.41) is 33.1. The second kappa shape index (κ2) is 10.4. The second-order valence-electron chi connectivity index (χ2n) is 9.22. The zero-order valence-corrected chi connectivity index (χ0v) is 19.9. The highest BCUT2D eigenvalue weighted by Crippen LogP contribution is 2.41. The molecule has 1 spiro atoms. The van der Waals surface area contributed by atoms with E-state index in [1.165, 1.54) is 18.2 Å². The van der Waals surface area contributed by atoms with Gasteiger partial charge in [0, 0.05) is 56.5 Å². The number of carbonyl (C=O) groups excluding carboxylic acids is 1. The molecule has 8 nitrogen and oxygen atoms in total. The van der Waals surface area contributed by atoms with Crippen molar-refractivity contribution in [2.75, 3.05) is 32.8 Å². The van der Waals surface area contributed by atoms with E-state index in [-0.39, 0.29) is 35.8 Å². The first kappa shape index (κ1) is 24.6. The van der Waals surface area contributed by atoms with Crippen molar-refractivity contribution in [1.29, 1.82) is 0 Å². The lowest BCUT2D eigenvalue weighted by atomic mass is 9.87. The number of aliphatic hydroxyl groups excluding tert-OH is 2. The summed E-state index contributed by atoms with van der Waals surface area (Å²) in [7, 11) is 0. The largest absolute Gasteiger partial charge is 0.508 e. The first-order valence-electron chi connectivity index (χ1n) is 11.5. The van der Waals surface area contributed by atoms with Crippen LogP contribution in [0.4, 0.5) is 0 Å². The lowest BCUT2D eigenvalue weighted by Gasteiger charge is -2.39. The Hall–Kier alpha value is -2.52. The Morgan fingerprint density at radius 1 is 1.24 bits per heavy atom. The van der Waals surface area contributed by atoms with Crippen molar-refractivity contribution in [2.24, 2.45) is 0 Å². The molecule has 4 N–H and O–H groups in total. The normalized spacial score (nSPS) is 18.7. The smallest absolute Gasteiger partial charge is 0.255 e. The van der Waals surface area contributed by atoms with Gasteiger partial charge in [-0.25, -0.2) is 0 Å². The topological polar surface area (TPSA) is 111 Å². The van der Waals surface area contributed by atoms with E-state index in [9.17, 15) is 20.1 Å². The number of halogens is 1. The van der Waals surface area contributed by atoms with Crippen LogP contribution in [0.2, 0.25) is 5.02 Å². The fourth-order valence-electron chi connectivity index (χ4n) is 4.51. The number of nitrogens with one attached hydrogen (secondary N) is 1. The number of phenols is 1. The number of likely N-dealkylation sites (tertiary alicyclic amines) is 1. The molecule has 1 unspecified atom stereocenters. The Labute approximate surface area is 204 Å². The Bertz CT molecular complexity index is 1020. The molecule has 0 bridgehead atoms. The summed E-state index contributed by atoms with van der Waals surface area (Å²) in [6, 6.07) is 9.93. The zero-order chi connectivity index (χ0) is 24.3. The molecule has 0 aromatic heterocycles. The van der Waals surface area contributed by atoms with Crippen molar-refractivity contribution in [3.05, 3.63) is 52.5 Å². The molecule has 4 rings (SSSR count). The first-order valence-corrected chi connectivity index (χ1v) is 11.9. The summed E-state index contributed by atoms with van der Waals surface area (Å²) in [6.45, 7) is 3.65. The number of ether oxygens (including phenoxy) is 2. The van der Waals surface area contributed by atoms with E-state index in [1.54, 1.807) is 6.92 Å². The first-order chi connectivity index (χ1) is 16.2. The fourth-order valence-corrected chi connectivity index (χ4v) is 4.71. The lowest BCUT2D eigenvalue weighted by Crippen LogP contribution is -2.49. The number of aliphatic hydroxyl groups is 2. The minimum absolute atomic E-state index is 0.0256. The van der Waals surface area contributed by atoms with E-state index in [1.807, 2.05) is 18.2 Å². The number of carbonyl (C=O) groups is 1. The van der Waals surface area contributed by atoms with E-state index in [0.29, 0.717) is 6.54 Å². The SMILES string of the molecule is CC(O)CNC(=O)c1ccc(O)cc1OC[C@@H](O)CN1CCC2(CC1)Cc1cc(Cl)ccc1O2. The number of hydrogen-bond acceptors (Lipinski definition) is 7. The van der Waals surface area contributed by atoms with Gasteiger partial charge in [-0.1, -0.05) is 11.6 Å². The number of rotatable bonds is 8. The maximum atomic E-state index is 12.4. The minimum Gasteiger partial charge on any atom is -0.508 e. The zero-order valence-electron chi connectivity index (χ0n) is 19.2. The number of fused-ring (bicyclic) bond motifs is 1. The molecule has 184 valence electrons. The number of amides is 1. The van der Waals surface area contributed by atoms with Gasteiger partial charge in [-0.2, -0.15) is 0 Å². The van der Waals surface area contributed by atoms with Crippen molar-refractivity contribution in [2.45, 2.75) is 44.0 Å². The number of piperidine rings is 1. The van der Waals surface area contributed by atoms with Crippen LogP contribution in [0.3, 0.4) is 0 Å². The molecule has 1 fully saturated rings. The van der Waals surface area contributed by atoms with Crippen molar-refractivity contribution in [3.8, 4) is 17.2 Å². The predicted octanol–water partition coefficient (Wildman–Crippen LogP) is 2.37.